The lowest BCUT2D eigenvalue weighted by Crippen LogP contribution is -2.38. The molecule has 1 saturated carbocycles. The van der Waals surface area contributed by atoms with Crippen molar-refractivity contribution in [3.63, 3.8) is 0 Å². The number of hydrogen-bond donors (Lipinski definition) is 2. The van der Waals surface area contributed by atoms with Crippen molar-refractivity contribution in [3.8, 4) is 5.75 Å². The molecule has 0 spiro atoms. The standard InChI is InChI=1S/C22H29N3O2.HI/c1-23-22(24-14-15-26-17-18-8-3-2-4-9-18)25-16-19-10-5-6-13-21(19)27-20-11-7-12-20;/h2-6,8-10,13,20H,7,11-12,14-17H2,1H3,(H2,23,24,25);1H. The molecule has 0 atom stereocenters. The molecule has 1 aliphatic carbocycles. The lowest BCUT2D eigenvalue weighted by molar-refractivity contribution is 0.119. The minimum Gasteiger partial charge on any atom is -0.490 e. The first-order valence-electron chi connectivity index (χ1n) is 9.66. The molecular weight excluding hydrogens is 465 g/mol. The summed E-state index contributed by atoms with van der Waals surface area (Å²) in [4.78, 5) is 4.27. The molecule has 152 valence electrons. The normalized spacial score (nSPS) is 14.0. The molecular formula is C22H30IN3O2. The van der Waals surface area contributed by atoms with E-state index in [9.17, 15) is 0 Å². The number of ether oxygens (including phenoxy) is 2. The molecule has 6 heteroatoms. The molecule has 0 aliphatic heterocycles. The minimum atomic E-state index is 0. The molecule has 0 radical (unpaired) electrons. The molecule has 0 aromatic heterocycles. The van der Waals surface area contributed by atoms with Crippen molar-refractivity contribution < 1.29 is 9.47 Å². The van der Waals surface area contributed by atoms with Crippen LogP contribution in [0.3, 0.4) is 0 Å². The Morgan fingerprint density at radius 2 is 1.79 bits per heavy atom. The van der Waals surface area contributed by atoms with Crippen LogP contribution in [0.25, 0.3) is 0 Å². The van der Waals surface area contributed by atoms with E-state index in [1.807, 2.05) is 36.4 Å². The van der Waals surface area contributed by atoms with Gasteiger partial charge in [0, 0.05) is 25.7 Å². The average molecular weight is 495 g/mol. The number of nitrogens with zero attached hydrogens (tertiary/aromatic N) is 1. The summed E-state index contributed by atoms with van der Waals surface area (Å²) >= 11 is 0. The molecule has 28 heavy (non-hydrogen) atoms. The molecule has 2 aromatic rings. The summed E-state index contributed by atoms with van der Waals surface area (Å²) in [7, 11) is 1.77. The maximum absolute atomic E-state index is 6.08. The summed E-state index contributed by atoms with van der Waals surface area (Å²) in [6, 6.07) is 18.4. The summed E-state index contributed by atoms with van der Waals surface area (Å²) in [5.41, 5.74) is 2.33. The Kier molecular flexibility index (Phi) is 10.1. The van der Waals surface area contributed by atoms with E-state index < -0.39 is 0 Å². The van der Waals surface area contributed by atoms with Gasteiger partial charge in [-0.3, -0.25) is 4.99 Å². The largest absolute Gasteiger partial charge is 0.490 e. The second-order valence-corrected chi connectivity index (χ2v) is 6.67. The van der Waals surface area contributed by atoms with Crippen molar-refractivity contribution >= 4 is 29.9 Å². The molecule has 1 fully saturated rings. The monoisotopic (exact) mass is 495 g/mol. The van der Waals surface area contributed by atoms with E-state index in [2.05, 4.69) is 33.8 Å². The number of benzene rings is 2. The Balaban J connectivity index is 0.00000280. The van der Waals surface area contributed by atoms with Crippen LogP contribution in [0.1, 0.15) is 30.4 Å². The van der Waals surface area contributed by atoms with E-state index in [1.54, 1.807) is 7.05 Å². The summed E-state index contributed by atoms with van der Waals surface area (Å²) in [6.07, 6.45) is 3.97. The van der Waals surface area contributed by atoms with Crippen LogP contribution in [-0.4, -0.2) is 32.3 Å². The molecule has 5 nitrogen and oxygen atoms in total. The van der Waals surface area contributed by atoms with Crippen molar-refractivity contribution in [1.29, 1.82) is 0 Å². The molecule has 3 rings (SSSR count). The van der Waals surface area contributed by atoms with Gasteiger partial charge in [0.15, 0.2) is 5.96 Å². The van der Waals surface area contributed by atoms with Crippen LogP contribution < -0.4 is 15.4 Å². The molecule has 1 aliphatic rings. The lowest BCUT2D eigenvalue weighted by Gasteiger charge is -2.27. The van der Waals surface area contributed by atoms with Gasteiger partial charge in [-0.15, -0.1) is 24.0 Å². The van der Waals surface area contributed by atoms with Crippen LogP contribution in [0.5, 0.6) is 5.75 Å². The van der Waals surface area contributed by atoms with E-state index in [0.717, 1.165) is 30.1 Å². The van der Waals surface area contributed by atoms with Gasteiger partial charge < -0.3 is 20.1 Å². The third-order valence-corrected chi connectivity index (χ3v) is 4.64. The van der Waals surface area contributed by atoms with Gasteiger partial charge in [-0.05, 0) is 30.9 Å². The van der Waals surface area contributed by atoms with E-state index in [-0.39, 0.29) is 24.0 Å². The fraction of sp³-hybridized carbons (Fsp3) is 0.409. The fourth-order valence-corrected chi connectivity index (χ4v) is 2.84. The number of para-hydroxylation sites is 1. The SMILES string of the molecule is CN=C(NCCOCc1ccccc1)NCc1ccccc1OC1CCC1.I. The van der Waals surface area contributed by atoms with Gasteiger partial charge in [-0.1, -0.05) is 48.5 Å². The van der Waals surface area contributed by atoms with Gasteiger partial charge in [-0.25, -0.2) is 0 Å². The molecule has 0 saturated heterocycles. The number of guanidine groups is 1. The Labute approximate surface area is 184 Å². The van der Waals surface area contributed by atoms with Crippen LogP contribution >= 0.6 is 24.0 Å². The number of hydrogen-bond acceptors (Lipinski definition) is 3. The third kappa shape index (κ3) is 7.31. The highest BCUT2D eigenvalue weighted by molar-refractivity contribution is 14.0. The van der Waals surface area contributed by atoms with Crippen LogP contribution in [0, 0.1) is 0 Å². The quantitative estimate of drug-likeness (QED) is 0.238. The van der Waals surface area contributed by atoms with E-state index in [4.69, 9.17) is 9.47 Å². The number of halogens is 1. The van der Waals surface area contributed by atoms with Gasteiger partial charge in [0.05, 0.1) is 19.3 Å². The Morgan fingerprint density at radius 1 is 1.04 bits per heavy atom. The zero-order valence-corrected chi connectivity index (χ0v) is 18.7. The fourth-order valence-electron chi connectivity index (χ4n) is 2.84. The maximum Gasteiger partial charge on any atom is 0.191 e. The Hall–Kier alpha value is -1.80. The van der Waals surface area contributed by atoms with Gasteiger partial charge in [-0.2, -0.15) is 0 Å². The van der Waals surface area contributed by atoms with Crippen LogP contribution in [-0.2, 0) is 17.9 Å². The molecule has 2 aromatic carbocycles. The van der Waals surface area contributed by atoms with Crippen molar-refractivity contribution in [1.82, 2.24) is 10.6 Å². The first kappa shape index (κ1) is 22.5. The highest BCUT2D eigenvalue weighted by atomic mass is 127. The number of aliphatic imine (C=N–C) groups is 1. The first-order chi connectivity index (χ1) is 13.3. The minimum absolute atomic E-state index is 0. The number of rotatable bonds is 9. The molecule has 0 heterocycles. The van der Waals surface area contributed by atoms with Crippen molar-refractivity contribution in [2.75, 3.05) is 20.2 Å². The van der Waals surface area contributed by atoms with Crippen LogP contribution in [0.4, 0.5) is 0 Å². The van der Waals surface area contributed by atoms with Crippen LogP contribution in [0.15, 0.2) is 59.6 Å². The number of nitrogens with one attached hydrogen (secondary N) is 2. The zero-order chi connectivity index (χ0) is 18.7. The molecule has 0 bridgehead atoms. The van der Waals surface area contributed by atoms with Gasteiger partial charge in [0.2, 0.25) is 0 Å². The van der Waals surface area contributed by atoms with Gasteiger partial charge in [0.25, 0.3) is 0 Å². The lowest BCUT2D eigenvalue weighted by atomic mass is 9.96. The van der Waals surface area contributed by atoms with E-state index in [0.29, 0.717) is 32.4 Å². The summed E-state index contributed by atoms with van der Waals surface area (Å²) < 4.78 is 11.8. The van der Waals surface area contributed by atoms with Gasteiger partial charge in [0.1, 0.15) is 5.75 Å². The maximum atomic E-state index is 6.08. The smallest absolute Gasteiger partial charge is 0.191 e. The molecule has 0 amide bonds. The summed E-state index contributed by atoms with van der Waals surface area (Å²) in [5, 5.41) is 6.63. The second kappa shape index (κ2) is 12.6. The zero-order valence-electron chi connectivity index (χ0n) is 16.4. The first-order valence-corrected chi connectivity index (χ1v) is 9.66. The summed E-state index contributed by atoms with van der Waals surface area (Å²) in [5.74, 6) is 1.73. The van der Waals surface area contributed by atoms with Crippen molar-refractivity contribution in [2.24, 2.45) is 4.99 Å². The average Bonchev–Trinajstić information content (AvgIpc) is 2.68. The van der Waals surface area contributed by atoms with Crippen LogP contribution in [0.2, 0.25) is 0 Å². The van der Waals surface area contributed by atoms with Crippen molar-refractivity contribution in [3.05, 3.63) is 65.7 Å². The summed E-state index contributed by atoms with van der Waals surface area (Å²) in [6.45, 7) is 2.62. The van der Waals surface area contributed by atoms with E-state index >= 15 is 0 Å². The molecule has 2 N–H and O–H groups in total. The predicted molar refractivity (Wildman–Crippen MR) is 124 cm³/mol. The highest BCUT2D eigenvalue weighted by Gasteiger charge is 2.20. The Morgan fingerprint density at radius 3 is 2.50 bits per heavy atom. The topological polar surface area (TPSA) is 54.9 Å². The third-order valence-electron chi connectivity index (χ3n) is 4.64. The Bertz CT molecular complexity index is 721. The second-order valence-electron chi connectivity index (χ2n) is 6.67. The van der Waals surface area contributed by atoms with E-state index in [1.165, 1.54) is 12.0 Å². The molecule has 0 unspecified atom stereocenters. The van der Waals surface area contributed by atoms with Crippen molar-refractivity contribution in [2.45, 2.75) is 38.5 Å². The highest BCUT2D eigenvalue weighted by Crippen LogP contribution is 2.27. The van der Waals surface area contributed by atoms with Gasteiger partial charge >= 0.3 is 0 Å². The predicted octanol–water partition coefficient (Wildman–Crippen LogP) is 4.12.